The van der Waals surface area contributed by atoms with Crippen LogP contribution in [0.1, 0.15) is 29.9 Å². The smallest absolute Gasteiger partial charge is 0.260 e. The first-order valence-corrected chi connectivity index (χ1v) is 14.6. The molecule has 4 aliphatic rings. The number of amides is 4. The van der Waals surface area contributed by atoms with E-state index in [2.05, 4.69) is 10.7 Å². The Labute approximate surface area is 256 Å². The van der Waals surface area contributed by atoms with Crippen molar-refractivity contribution in [2.75, 3.05) is 12.5 Å². The first-order chi connectivity index (χ1) is 21.1. The minimum Gasteiger partial charge on any atom is -0.504 e. The molecule has 0 radical (unpaired) electrons. The average Bonchev–Trinajstić information content (AvgIpc) is 3.43. The van der Waals surface area contributed by atoms with Gasteiger partial charge in [0.1, 0.15) is 5.82 Å². The summed E-state index contributed by atoms with van der Waals surface area (Å²) in [6.45, 7) is 0. The number of phenolic OH excluding ortho intramolecular Hbond substituents is 1. The van der Waals surface area contributed by atoms with Crippen LogP contribution in [0.15, 0.2) is 78.4 Å². The molecule has 3 aromatic carbocycles. The molecule has 4 amide bonds. The molecule has 2 aliphatic heterocycles. The third-order valence-corrected chi connectivity index (χ3v) is 9.89. The van der Waals surface area contributed by atoms with E-state index in [1.807, 2.05) is 6.08 Å². The average molecular weight is 616 g/mol. The highest BCUT2D eigenvalue weighted by Gasteiger charge is 2.70. The molecule has 6 atom stereocenters. The number of benzene rings is 3. The van der Waals surface area contributed by atoms with E-state index < -0.39 is 58.5 Å². The van der Waals surface area contributed by atoms with Crippen molar-refractivity contribution in [1.29, 1.82) is 0 Å². The molecule has 6 unspecified atom stereocenters. The van der Waals surface area contributed by atoms with E-state index in [1.165, 1.54) is 37.4 Å². The van der Waals surface area contributed by atoms with Gasteiger partial charge in [-0.05, 0) is 78.4 Å². The molecule has 0 spiro atoms. The fourth-order valence-electron chi connectivity index (χ4n) is 7.81. The van der Waals surface area contributed by atoms with Crippen LogP contribution in [0, 0.1) is 29.5 Å². The van der Waals surface area contributed by atoms with Crippen LogP contribution in [-0.4, -0.2) is 40.9 Å². The van der Waals surface area contributed by atoms with Gasteiger partial charge in [0, 0.05) is 10.9 Å². The molecule has 44 heavy (non-hydrogen) atoms. The molecule has 0 bridgehead atoms. The Morgan fingerprint density at radius 1 is 1.00 bits per heavy atom. The number of nitrogens with zero attached hydrogens (tertiary/aromatic N) is 1. The van der Waals surface area contributed by atoms with Gasteiger partial charge in [0.25, 0.3) is 11.8 Å². The summed E-state index contributed by atoms with van der Waals surface area (Å²) in [7, 11) is 1.41. The van der Waals surface area contributed by atoms with Gasteiger partial charge in [0.05, 0.1) is 36.0 Å². The molecular weight excluding hydrogens is 589 g/mol. The SMILES string of the molecule is COc1cc(C2C3=CCC4C(=O)NC(=O)C4C3CC3C(=O)N(Nc4ccc(F)cc4)C(=O)C32c2ccc(Cl)cc2)ccc1O. The van der Waals surface area contributed by atoms with E-state index in [-0.39, 0.29) is 23.8 Å². The number of phenols is 1. The Morgan fingerprint density at radius 3 is 2.43 bits per heavy atom. The van der Waals surface area contributed by atoms with Crippen molar-refractivity contribution in [2.24, 2.45) is 23.7 Å². The van der Waals surface area contributed by atoms with Crippen molar-refractivity contribution < 1.29 is 33.4 Å². The molecule has 0 aromatic heterocycles. The summed E-state index contributed by atoms with van der Waals surface area (Å²) >= 11 is 6.28. The molecule has 3 fully saturated rings. The lowest BCUT2D eigenvalue weighted by Crippen LogP contribution is -2.53. The van der Waals surface area contributed by atoms with Crippen molar-refractivity contribution >= 4 is 40.9 Å². The fourth-order valence-corrected chi connectivity index (χ4v) is 7.94. The first kappa shape index (κ1) is 28.1. The zero-order valence-electron chi connectivity index (χ0n) is 23.4. The van der Waals surface area contributed by atoms with Gasteiger partial charge < -0.3 is 9.84 Å². The molecule has 3 N–H and O–H groups in total. The monoisotopic (exact) mass is 615 g/mol. The summed E-state index contributed by atoms with van der Waals surface area (Å²) in [6.07, 6.45) is 2.35. The number of aromatic hydroxyl groups is 1. The number of hydrogen-bond donors (Lipinski definition) is 3. The third kappa shape index (κ3) is 3.97. The summed E-state index contributed by atoms with van der Waals surface area (Å²) in [6, 6.07) is 16.8. The third-order valence-electron chi connectivity index (χ3n) is 9.64. The first-order valence-electron chi connectivity index (χ1n) is 14.2. The second-order valence-corrected chi connectivity index (χ2v) is 12.1. The number of halogens is 2. The van der Waals surface area contributed by atoms with Gasteiger partial charge in [-0.15, -0.1) is 0 Å². The summed E-state index contributed by atoms with van der Waals surface area (Å²) in [5, 5.41) is 14.3. The topological polar surface area (TPSA) is 125 Å². The maximum atomic E-state index is 14.9. The number of rotatable bonds is 5. The van der Waals surface area contributed by atoms with Crippen molar-refractivity contribution in [3.8, 4) is 11.5 Å². The summed E-state index contributed by atoms with van der Waals surface area (Å²) in [4.78, 5) is 55.3. The van der Waals surface area contributed by atoms with Crippen LogP contribution >= 0.6 is 11.6 Å². The Bertz CT molecular complexity index is 1760. The maximum absolute atomic E-state index is 14.9. The lowest BCUT2D eigenvalue weighted by atomic mass is 9.49. The molecule has 2 heterocycles. The van der Waals surface area contributed by atoms with Gasteiger partial charge in [-0.2, -0.15) is 5.01 Å². The molecule has 3 aromatic rings. The van der Waals surface area contributed by atoms with Gasteiger partial charge >= 0.3 is 0 Å². The number of methoxy groups -OCH3 is 1. The highest BCUT2D eigenvalue weighted by atomic mass is 35.5. The minimum absolute atomic E-state index is 0.104. The number of hydrogen-bond acceptors (Lipinski definition) is 7. The Balaban J connectivity index is 1.48. The minimum atomic E-state index is -1.51. The van der Waals surface area contributed by atoms with E-state index in [0.717, 1.165) is 10.6 Å². The molecular formula is C33H27ClFN3O6. The lowest BCUT2D eigenvalue weighted by molar-refractivity contribution is -0.138. The Morgan fingerprint density at radius 2 is 1.73 bits per heavy atom. The normalized spacial score (nSPS) is 29.0. The highest BCUT2D eigenvalue weighted by molar-refractivity contribution is 6.30. The van der Waals surface area contributed by atoms with E-state index in [4.69, 9.17) is 16.3 Å². The van der Waals surface area contributed by atoms with Gasteiger partial charge in [0.2, 0.25) is 11.8 Å². The van der Waals surface area contributed by atoms with Crippen molar-refractivity contribution in [3.05, 3.63) is 100 Å². The van der Waals surface area contributed by atoms with Crippen LogP contribution in [0.3, 0.4) is 0 Å². The van der Waals surface area contributed by atoms with E-state index >= 15 is 0 Å². The molecule has 1 saturated carbocycles. The van der Waals surface area contributed by atoms with Crippen LogP contribution in [0.25, 0.3) is 0 Å². The number of hydrazine groups is 1. The second-order valence-electron chi connectivity index (χ2n) is 11.7. The molecule has 11 heteroatoms. The molecule has 2 aliphatic carbocycles. The highest BCUT2D eigenvalue weighted by Crippen LogP contribution is 2.64. The number of carbonyl (C=O) groups excluding carboxylic acids is 4. The van der Waals surface area contributed by atoms with Crippen molar-refractivity contribution in [1.82, 2.24) is 10.3 Å². The quantitative estimate of drug-likeness (QED) is 0.286. The van der Waals surface area contributed by atoms with E-state index in [0.29, 0.717) is 28.3 Å². The predicted octanol–water partition coefficient (Wildman–Crippen LogP) is 4.47. The summed E-state index contributed by atoms with van der Waals surface area (Å²) in [5.41, 5.74) is 3.62. The fraction of sp³-hybridized carbons (Fsp3) is 0.273. The van der Waals surface area contributed by atoms with Gasteiger partial charge in [-0.1, -0.05) is 41.4 Å². The Kier molecular flexibility index (Phi) is 6.51. The largest absolute Gasteiger partial charge is 0.504 e. The van der Waals surface area contributed by atoms with Crippen LogP contribution < -0.4 is 15.5 Å². The zero-order valence-corrected chi connectivity index (χ0v) is 24.2. The van der Waals surface area contributed by atoms with Crippen LogP contribution in [0.4, 0.5) is 10.1 Å². The second kappa shape index (κ2) is 10.2. The van der Waals surface area contributed by atoms with E-state index in [9.17, 15) is 28.7 Å². The zero-order chi connectivity index (χ0) is 30.9. The predicted molar refractivity (Wildman–Crippen MR) is 157 cm³/mol. The number of allylic oxidation sites excluding steroid dienone is 2. The summed E-state index contributed by atoms with van der Waals surface area (Å²) < 4.78 is 19.1. The van der Waals surface area contributed by atoms with Crippen molar-refractivity contribution in [2.45, 2.75) is 24.2 Å². The molecule has 224 valence electrons. The molecule has 7 rings (SSSR count). The van der Waals surface area contributed by atoms with Gasteiger partial charge in [0.15, 0.2) is 11.5 Å². The number of nitrogens with one attached hydrogen (secondary N) is 2. The van der Waals surface area contributed by atoms with Crippen LogP contribution in [0.2, 0.25) is 5.02 Å². The number of anilines is 1. The standard InChI is InChI=1S/C33H27ClFN3O6/c1-44-26-14-16(2-13-25(26)39)28-21-11-12-22-27(30(41)36-29(22)40)23(21)15-24-31(42)38(37-20-9-7-19(35)8-10-20)32(43)33(24,28)17-3-5-18(34)6-4-17/h2-11,13-14,22-24,27-28,37,39H,12,15H2,1H3,(H,36,40,41). The van der Waals surface area contributed by atoms with E-state index in [1.54, 1.807) is 36.4 Å². The van der Waals surface area contributed by atoms with Gasteiger partial charge in [-0.25, -0.2) is 4.39 Å². The van der Waals surface area contributed by atoms with Crippen molar-refractivity contribution in [3.63, 3.8) is 0 Å². The molecule has 9 nitrogen and oxygen atoms in total. The summed E-state index contributed by atoms with van der Waals surface area (Å²) in [5.74, 6) is -5.74. The number of fused-ring (bicyclic) bond motifs is 4. The number of carbonyl (C=O) groups is 4. The van der Waals surface area contributed by atoms with Crippen LogP contribution in [0.5, 0.6) is 11.5 Å². The van der Waals surface area contributed by atoms with Gasteiger partial charge in [-0.3, -0.25) is 29.9 Å². The molecule has 2 saturated heterocycles. The Hall–Kier alpha value is -4.70. The lowest BCUT2D eigenvalue weighted by Gasteiger charge is -2.50. The number of ether oxygens (including phenoxy) is 1. The van der Waals surface area contributed by atoms with Crippen LogP contribution in [-0.2, 0) is 24.6 Å². The maximum Gasteiger partial charge on any atom is 0.260 e. The number of imide groups is 2.